The number of rotatable bonds is 3. The van der Waals surface area contributed by atoms with E-state index in [0.717, 1.165) is 6.07 Å². The van der Waals surface area contributed by atoms with Gasteiger partial charge >= 0.3 is 6.18 Å². The fraction of sp³-hybridized carbons (Fsp3) is 0.364. The summed E-state index contributed by atoms with van der Waals surface area (Å²) in [6.45, 7) is 0.501. The van der Waals surface area contributed by atoms with Crippen LogP contribution in [0.1, 0.15) is 28.4 Å². The lowest BCUT2D eigenvalue weighted by Gasteiger charge is -2.17. The van der Waals surface area contributed by atoms with Crippen molar-refractivity contribution in [3.63, 3.8) is 0 Å². The molecule has 1 atom stereocenters. The van der Waals surface area contributed by atoms with E-state index in [9.17, 15) is 18.0 Å². The summed E-state index contributed by atoms with van der Waals surface area (Å²) in [5.74, 6) is -0.320. The van der Waals surface area contributed by atoms with Gasteiger partial charge < -0.3 is 5.11 Å². The Bertz CT molecular complexity index is 429. The van der Waals surface area contributed by atoms with E-state index >= 15 is 0 Å². The average molecular weight is 311 g/mol. The van der Waals surface area contributed by atoms with Gasteiger partial charge in [0, 0.05) is 0 Å². The van der Waals surface area contributed by atoms with E-state index in [4.69, 9.17) is 5.11 Å². The second kappa shape index (κ2) is 5.18. The van der Waals surface area contributed by atoms with E-state index in [0.29, 0.717) is 0 Å². The number of hydrogen-bond acceptors (Lipinski definition) is 2. The molecule has 0 spiro atoms. The molecule has 0 heterocycles. The van der Waals surface area contributed by atoms with Crippen LogP contribution in [-0.2, 0) is 17.6 Å². The minimum Gasteiger partial charge on any atom is -0.392 e. The van der Waals surface area contributed by atoms with Crippen molar-refractivity contribution >= 4 is 21.7 Å². The van der Waals surface area contributed by atoms with Crippen LogP contribution in [0.3, 0.4) is 0 Å². The van der Waals surface area contributed by atoms with Gasteiger partial charge in [-0.1, -0.05) is 28.1 Å². The second-order valence-electron chi connectivity index (χ2n) is 3.50. The molecule has 17 heavy (non-hydrogen) atoms. The molecule has 1 aromatic rings. The van der Waals surface area contributed by atoms with Gasteiger partial charge in [0.1, 0.15) is 5.78 Å². The van der Waals surface area contributed by atoms with E-state index < -0.39 is 23.2 Å². The van der Waals surface area contributed by atoms with Crippen LogP contribution in [0.4, 0.5) is 13.2 Å². The first kappa shape index (κ1) is 14.2. The molecule has 1 rings (SSSR count). The monoisotopic (exact) mass is 310 g/mol. The summed E-state index contributed by atoms with van der Waals surface area (Å²) in [5, 5.41) is 9.06. The first-order valence-corrected chi connectivity index (χ1v) is 5.65. The summed E-state index contributed by atoms with van der Waals surface area (Å²) in [4.78, 5) is 10.3. The fourth-order valence-corrected chi connectivity index (χ4v) is 1.93. The van der Waals surface area contributed by atoms with Gasteiger partial charge in [-0.2, -0.15) is 13.2 Å². The number of halogens is 4. The molecular weight excluding hydrogens is 301 g/mol. The van der Waals surface area contributed by atoms with Crippen molar-refractivity contribution < 1.29 is 23.1 Å². The topological polar surface area (TPSA) is 37.3 Å². The van der Waals surface area contributed by atoms with Crippen molar-refractivity contribution in [1.82, 2.24) is 0 Å². The van der Waals surface area contributed by atoms with Crippen LogP contribution in [0.15, 0.2) is 18.2 Å². The minimum atomic E-state index is -4.54. The van der Waals surface area contributed by atoms with Crippen LogP contribution in [0.25, 0.3) is 0 Å². The Morgan fingerprint density at radius 3 is 2.47 bits per heavy atom. The molecular formula is C11H10BrF3O2. The highest BCUT2D eigenvalue weighted by molar-refractivity contribution is 9.09. The van der Waals surface area contributed by atoms with Crippen molar-refractivity contribution in [2.75, 3.05) is 0 Å². The molecule has 1 aromatic carbocycles. The number of Topliss-reactive ketones (excluding diaryl/α,β-unsaturated/α-hetero) is 1. The second-order valence-corrected chi connectivity index (χ2v) is 4.42. The maximum Gasteiger partial charge on any atom is 0.416 e. The van der Waals surface area contributed by atoms with Crippen LogP contribution in [0.2, 0.25) is 0 Å². The van der Waals surface area contributed by atoms with Gasteiger partial charge in [0.25, 0.3) is 0 Å². The van der Waals surface area contributed by atoms with Crippen molar-refractivity contribution in [1.29, 1.82) is 0 Å². The quantitative estimate of drug-likeness (QED) is 0.870. The number of aliphatic hydroxyl groups is 1. The highest BCUT2D eigenvalue weighted by Crippen LogP contribution is 2.37. The van der Waals surface area contributed by atoms with E-state index in [1.807, 2.05) is 0 Å². The summed E-state index contributed by atoms with van der Waals surface area (Å²) in [5.41, 5.74) is -1.03. The molecule has 0 radical (unpaired) electrons. The van der Waals surface area contributed by atoms with Gasteiger partial charge in [-0.25, -0.2) is 0 Å². The predicted octanol–water partition coefficient (Wildman–Crippen LogP) is 3.22. The maximum absolute atomic E-state index is 12.7. The molecule has 94 valence electrons. The third kappa shape index (κ3) is 3.07. The van der Waals surface area contributed by atoms with Crippen LogP contribution in [-0.4, -0.2) is 10.9 Å². The first-order valence-electron chi connectivity index (χ1n) is 4.73. The molecule has 0 aliphatic carbocycles. The number of aliphatic hydroxyl groups excluding tert-OH is 1. The molecule has 2 nitrogen and oxygen atoms in total. The summed E-state index contributed by atoms with van der Waals surface area (Å²) >= 11 is 3.01. The highest BCUT2D eigenvalue weighted by Gasteiger charge is 2.34. The van der Waals surface area contributed by atoms with Crippen molar-refractivity contribution in [2.24, 2.45) is 0 Å². The largest absolute Gasteiger partial charge is 0.416 e. The number of alkyl halides is 4. The molecule has 0 fully saturated rings. The zero-order chi connectivity index (χ0) is 13.2. The Hall–Kier alpha value is -0.880. The lowest BCUT2D eigenvalue weighted by atomic mass is 9.97. The van der Waals surface area contributed by atoms with Crippen LogP contribution in [0, 0.1) is 0 Å². The van der Waals surface area contributed by atoms with E-state index in [1.54, 1.807) is 0 Å². The van der Waals surface area contributed by atoms with Crippen molar-refractivity contribution in [3.8, 4) is 0 Å². The third-order valence-corrected chi connectivity index (χ3v) is 3.44. The number of carbonyl (C=O) groups is 1. The first-order chi connectivity index (χ1) is 7.79. The molecule has 6 heteroatoms. The van der Waals surface area contributed by atoms with Crippen LogP contribution in [0.5, 0.6) is 0 Å². The smallest absolute Gasteiger partial charge is 0.392 e. The number of ketones is 1. The number of carbonyl (C=O) groups excluding carboxylic acids is 1. The number of hydrogen-bond donors (Lipinski definition) is 1. The Morgan fingerprint density at radius 1 is 1.47 bits per heavy atom. The average Bonchev–Trinajstić information content (AvgIpc) is 2.25. The highest BCUT2D eigenvalue weighted by atomic mass is 79.9. The molecule has 0 saturated carbocycles. The lowest BCUT2D eigenvalue weighted by molar-refractivity contribution is -0.138. The lowest BCUT2D eigenvalue weighted by Crippen LogP contribution is -2.13. The van der Waals surface area contributed by atoms with Crippen molar-refractivity contribution in [2.45, 2.75) is 24.5 Å². The van der Waals surface area contributed by atoms with Gasteiger partial charge in [0.15, 0.2) is 0 Å². The van der Waals surface area contributed by atoms with E-state index in [2.05, 4.69) is 15.9 Å². The zero-order valence-corrected chi connectivity index (χ0v) is 10.5. The molecule has 0 aromatic heterocycles. The maximum atomic E-state index is 12.7. The Morgan fingerprint density at radius 2 is 2.06 bits per heavy atom. The van der Waals surface area contributed by atoms with Crippen LogP contribution >= 0.6 is 15.9 Å². The van der Waals surface area contributed by atoms with Crippen LogP contribution < -0.4 is 0 Å². The minimum absolute atomic E-state index is 0.148. The van der Waals surface area contributed by atoms with Gasteiger partial charge in [0.2, 0.25) is 0 Å². The summed E-state index contributed by atoms with van der Waals surface area (Å²) in [6, 6.07) is 3.49. The molecule has 1 unspecified atom stereocenters. The molecule has 0 saturated heterocycles. The summed E-state index contributed by atoms with van der Waals surface area (Å²) < 4.78 is 38.0. The SMILES string of the molecule is CC(=O)C(Br)c1cccc(C(F)(F)F)c1CO. The standard InChI is InChI=1S/C11H10BrF3O2/c1-6(17)10(12)7-3-2-4-9(8(7)5-16)11(13,14)15/h2-4,10,16H,5H2,1H3. The van der Waals surface area contributed by atoms with Gasteiger partial charge in [-0.3, -0.25) is 4.79 Å². The summed E-state index contributed by atoms with van der Waals surface area (Å²) in [6.07, 6.45) is -4.54. The normalized spacial score (nSPS) is 13.5. The fourth-order valence-electron chi connectivity index (χ4n) is 1.50. The molecule has 0 amide bonds. The Balaban J connectivity index is 3.39. The van der Waals surface area contributed by atoms with E-state index in [-0.39, 0.29) is 16.9 Å². The predicted molar refractivity (Wildman–Crippen MR) is 59.7 cm³/mol. The van der Waals surface area contributed by atoms with Crippen molar-refractivity contribution in [3.05, 3.63) is 34.9 Å². The molecule has 0 aliphatic rings. The van der Waals surface area contributed by atoms with Gasteiger partial charge in [0.05, 0.1) is 17.0 Å². The van der Waals surface area contributed by atoms with Gasteiger partial charge in [-0.05, 0) is 24.1 Å². The zero-order valence-electron chi connectivity index (χ0n) is 8.88. The Labute approximate surface area is 105 Å². The molecule has 0 bridgehead atoms. The molecule has 0 aliphatic heterocycles. The third-order valence-electron chi connectivity index (χ3n) is 2.31. The van der Waals surface area contributed by atoms with E-state index in [1.165, 1.54) is 19.1 Å². The number of benzene rings is 1. The Kier molecular flexibility index (Phi) is 4.32. The molecule has 1 N–H and O–H groups in total. The summed E-state index contributed by atoms with van der Waals surface area (Å²) in [7, 11) is 0. The van der Waals surface area contributed by atoms with Gasteiger partial charge in [-0.15, -0.1) is 0 Å².